The van der Waals surface area contributed by atoms with Crippen molar-refractivity contribution in [3.8, 4) is 0 Å². The molecule has 0 bridgehead atoms. The molecule has 1 heterocycles. The zero-order valence-electron chi connectivity index (χ0n) is 14.5. The molecule has 2 aromatic rings. The van der Waals surface area contributed by atoms with E-state index in [1.165, 1.54) is 21.8 Å². The van der Waals surface area contributed by atoms with Crippen LogP contribution in [0.15, 0.2) is 18.2 Å². The fourth-order valence-electron chi connectivity index (χ4n) is 2.96. The number of rotatable bonds is 4. The van der Waals surface area contributed by atoms with Gasteiger partial charge in [0.25, 0.3) is 5.91 Å². The van der Waals surface area contributed by atoms with Gasteiger partial charge in [-0.15, -0.1) is 11.3 Å². The van der Waals surface area contributed by atoms with Crippen LogP contribution in [0.25, 0.3) is 0 Å². The van der Waals surface area contributed by atoms with Gasteiger partial charge in [0.05, 0.1) is 15.7 Å². The van der Waals surface area contributed by atoms with E-state index in [1.54, 1.807) is 12.1 Å². The molecule has 0 saturated carbocycles. The van der Waals surface area contributed by atoms with Crippen molar-refractivity contribution in [1.82, 2.24) is 0 Å². The summed E-state index contributed by atoms with van der Waals surface area (Å²) in [5.74, 6) is -0.327. The summed E-state index contributed by atoms with van der Waals surface area (Å²) in [6, 6.07) is 5.31. The molecule has 3 rings (SSSR count). The Labute approximate surface area is 166 Å². The summed E-state index contributed by atoms with van der Waals surface area (Å²) in [6.45, 7) is 3.64. The SMILES string of the molecule is Cc1ccc(Cl)c(NC(=O)COC(=O)c2cc3c(s2)CC[C@@H](C)C3)c1Cl. The number of hydrogen-bond donors (Lipinski definition) is 1. The average Bonchev–Trinajstić information content (AvgIpc) is 3.03. The van der Waals surface area contributed by atoms with Crippen molar-refractivity contribution in [2.24, 2.45) is 5.92 Å². The number of hydrogen-bond acceptors (Lipinski definition) is 4. The lowest BCUT2D eigenvalue weighted by atomic mass is 9.90. The largest absolute Gasteiger partial charge is 0.451 e. The first kappa shape index (κ1) is 19.2. The average molecular weight is 412 g/mol. The standard InChI is InChI=1S/C19H19Cl2NO3S/c1-10-3-6-14-12(7-10)8-15(26-14)19(24)25-9-16(23)22-18-13(20)5-4-11(2)17(18)21/h4-5,8,10H,3,6-7,9H2,1-2H3,(H,22,23)/t10-/m1/s1. The first-order valence-electron chi connectivity index (χ1n) is 8.38. The molecule has 7 heteroatoms. The van der Waals surface area contributed by atoms with Crippen molar-refractivity contribution in [2.75, 3.05) is 11.9 Å². The number of ether oxygens (including phenoxy) is 1. The lowest BCUT2D eigenvalue weighted by Crippen LogP contribution is -2.21. The molecule has 1 aromatic heterocycles. The minimum Gasteiger partial charge on any atom is -0.451 e. The lowest BCUT2D eigenvalue weighted by Gasteiger charge is -2.16. The minimum absolute atomic E-state index is 0.329. The molecule has 26 heavy (non-hydrogen) atoms. The Morgan fingerprint density at radius 2 is 2.12 bits per heavy atom. The number of aryl methyl sites for hydroxylation is 2. The molecule has 0 aliphatic heterocycles. The third kappa shape index (κ3) is 4.22. The van der Waals surface area contributed by atoms with Crippen LogP contribution in [0, 0.1) is 12.8 Å². The molecule has 0 unspecified atom stereocenters. The normalized spacial score (nSPS) is 16.1. The van der Waals surface area contributed by atoms with Crippen LogP contribution in [0.4, 0.5) is 5.69 Å². The van der Waals surface area contributed by atoms with Crippen LogP contribution in [0.3, 0.4) is 0 Å². The predicted octanol–water partition coefficient (Wildman–Crippen LogP) is 5.28. The maximum Gasteiger partial charge on any atom is 0.348 e. The van der Waals surface area contributed by atoms with Crippen LogP contribution < -0.4 is 5.32 Å². The summed E-state index contributed by atoms with van der Waals surface area (Å²) in [7, 11) is 0. The van der Waals surface area contributed by atoms with Gasteiger partial charge in [0.1, 0.15) is 4.88 Å². The van der Waals surface area contributed by atoms with E-state index < -0.39 is 18.5 Å². The number of fused-ring (bicyclic) bond motifs is 1. The van der Waals surface area contributed by atoms with E-state index in [-0.39, 0.29) is 0 Å². The van der Waals surface area contributed by atoms with Gasteiger partial charge in [-0.2, -0.15) is 0 Å². The Kier molecular flexibility index (Phi) is 5.90. The van der Waals surface area contributed by atoms with E-state index in [0.717, 1.165) is 24.8 Å². The van der Waals surface area contributed by atoms with Gasteiger partial charge in [-0.1, -0.05) is 36.2 Å². The van der Waals surface area contributed by atoms with Gasteiger partial charge in [-0.05, 0) is 55.4 Å². The maximum atomic E-state index is 12.2. The van der Waals surface area contributed by atoms with Crippen LogP contribution in [0.1, 0.15) is 39.0 Å². The molecule has 4 nitrogen and oxygen atoms in total. The molecule has 138 valence electrons. The van der Waals surface area contributed by atoms with Crippen molar-refractivity contribution < 1.29 is 14.3 Å². The smallest absolute Gasteiger partial charge is 0.348 e. The van der Waals surface area contributed by atoms with Gasteiger partial charge in [0.15, 0.2) is 6.61 Å². The number of thiophene rings is 1. The molecule has 0 saturated heterocycles. The summed E-state index contributed by atoms with van der Waals surface area (Å²) in [5, 5.41) is 3.31. The Bertz CT molecular complexity index is 863. The number of esters is 1. The lowest BCUT2D eigenvalue weighted by molar-refractivity contribution is -0.119. The summed E-state index contributed by atoms with van der Waals surface area (Å²) >= 11 is 13.7. The van der Waals surface area contributed by atoms with Gasteiger partial charge in [0, 0.05) is 4.88 Å². The van der Waals surface area contributed by atoms with Crippen molar-refractivity contribution in [3.05, 3.63) is 49.1 Å². The minimum atomic E-state index is -0.484. The van der Waals surface area contributed by atoms with E-state index in [2.05, 4.69) is 12.2 Å². The highest BCUT2D eigenvalue weighted by Gasteiger charge is 2.22. The fourth-order valence-corrected chi connectivity index (χ4v) is 4.52. The topological polar surface area (TPSA) is 55.4 Å². The zero-order valence-corrected chi connectivity index (χ0v) is 16.9. The molecule has 1 atom stereocenters. The van der Waals surface area contributed by atoms with Gasteiger partial charge in [-0.3, -0.25) is 4.79 Å². The summed E-state index contributed by atoms with van der Waals surface area (Å²) < 4.78 is 5.15. The Morgan fingerprint density at radius 1 is 1.35 bits per heavy atom. The Balaban J connectivity index is 1.60. The van der Waals surface area contributed by atoms with Crippen molar-refractivity contribution in [1.29, 1.82) is 0 Å². The molecule has 1 aliphatic carbocycles. The van der Waals surface area contributed by atoms with E-state index >= 15 is 0 Å². The van der Waals surface area contributed by atoms with Crippen LogP contribution in [-0.4, -0.2) is 18.5 Å². The predicted molar refractivity (Wildman–Crippen MR) is 106 cm³/mol. The van der Waals surface area contributed by atoms with Crippen LogP contribution in [0.5, 0.6) is 0 Å². The van der Waals surface area contributed by atoms with Crippen molar-refractivity contribution >= 4 is 52.1 Å². The van der Waals surface area contributed by atoms with E-state index in [4.69, 9.17) is 27.9 Å². The molecular weight excluding hydrogens is 393 g/mol. The molecule has 1 aromatic carbocycles. The number of carbonyl (C=O) groups excluding carboxylic acids is 2. The van der Waals surface area contributed by atoms with Gasteiger partial charge in [-0.25, -0.2) is 4.79 Å². The number of halogens is 2. The number of amides is 1. The highest BCUT2D eigenvalue weighted by atomic mass is 35.5. The zero-order chi connectivity index (χ0) is 18.8. The molecule has 1 aliphatic rings. The summed E-state index contributed by atoms with van der Waals surface area (Å²) in [6.07, 6.45) is 3.13. The quantitative estimate of drug-likeness (QED) is 0.695. The fraction of sp³-hybridized carbons (Fsp3) is 0.368. The second-order valence-electron chi connectivity index (χ2n) is 6.58. The second-order valence-corrected chi connectivity index (χ2v) is 8.51. The van der Waals surface area contributed by atoms with E-state index in [9.17, 15) is 9.59 Å². The Morgan fingerprint density at radius 3 is 2.88 bits per heavy atom. The molecule has 0 radical (unpaired) electrons. The van der Waals surface area contributed by atoms with Gasteiger partial charge < -0.3 is 10.1 Å². The third-order valence-electron chi connectivity index (χ3n) is 4.41. The Hall–Kier alpha value is -1.56. The molecule has 0 spiro atoms. The number of anilines is 1. The van der Waals surface area contributed by atoms with Gasteiger partial charge >= 0.3 is 5.97 Å². The molecule has 0 fully saturated rings. The number of carbonyl (C=O) groups is 2. The summed E-state index contributed by atoms with van der Waals surface area (Å²) in [4.78, 5) is 26.1. The highest BCUT2D eigenvalue weighted by molar-refractivity contribution is 7.14. The van der Waals surface area contributed by atoms with E-state index in [0.29, 0.717) is 26.5 Å². The molecular formula is C19H19Cl2NO3S. The van der Waals surface area contributed by atoms with Gasteiger partial charge in [0.2, 0.25) is 0 Å². The first-order valence-corrected chi connectivity index (χ1v) is 9.95. The number of benzene rings is 1. The van der Waals surface area contributed by atoms with Crippen LogP contribution >= 0.6 is 34.5 Å². The second kappa shape index (κ2) is 7.99. The third-order valence-corrected chi connectivity index (χ3v) is 6.43. The van der Waals surface area contributed by atoms with Crippen molar-refractivity contribution in [3.63, 3.8) is 0 Å². The molecule has 1 amide bonds. The monoisotopic (exact) mass is 411 g/mol. The van der Waals surface area contributed by atoms with E-state index in [1.807, 2.05) is 13.0 Å². The first-order chi connectivity index (χ1) is 12.3. The number of nitrogens with one attached hydrogen (secondary N) is 1. The van der Waals surface area contributed by atoms with Crippen LogP contribution in [-0.2, 0) is 22.4 Å². The van der Waals surface area contributed by atoms with Crippen LogP contribution in [0.2, 0.25) is 10.0 Å². The maximum absolute atomic E-state index is 12.2. The van der Waals surface area contributed by atoms with Crippen molar-refractivity contribution in [2.45, 2.75) is 33.1 Å². The molecule has 1 N–H and O–H groups in total. The highest BCUT2D eigenvalue weighted by Crippen LogP contribution is 2.33. The summed E-state index contributed by atoms with van der Waals surface area (Å²) in [5.41, 5.74) is 2.35.